The minimum Gasteiger partial charge on any atom is -0.466 e. The molecule has 0 spiro atoms. The number of alkyl halides is 1. The van der Waals surface area contributed by atoms with Gasteiger partial charge in [-0.2, -0.15) is 0 Å². The number of ether oxygens (including phenoxy) is 1. The molecule has 2 rings (SSSR count). The van der Waals surface area contributed by atoms with Crippen molar-refractivity contribution in [3.8, 4) is 0 Å². The molecule has 3 atom stereocenters. The van der Waals surface area contributed by atoms with Gasteiger partial charge in [0, 0.05) is 22.6 Å². The van der Waals surface area contributed by atoms with Crippen molar-refractivity contribution in [2.75, 3.05) is 6.61 Å². The number of rotatable bonds is 4. The average Bonchev–Trinajstić information content (AvgIpc) is 2.84. The molecule has 82 valence electrons. The molecule has 0 heterocycles. The lowest BCUT2D eigenvalue weighted by Gasteiger charge is -2.12. The summed E-state index contributed by atoms with van der Waals surface area (Å²) in [5.74, 6) is 0.483. The van der Waals surface area contributed by atoms with Crippen LogP contribution in [-0.4, -0.2) is 17.4 Å². The minimum absolute atomic E-state index is 0.0832. The van der Waals surface area contributed by atoms with Crippen LogP contribution in [0.2, 0.25) is 0 Å². The molecule has 2 aliphatic carbocycles. The van der Waals surface area contributed by atoms with E-state index in [1.165, 1.54) is 0 Å². The third kappa shape index (κ3) is 1.89. The minimum atomic E-state index is -0.0832. The van der Waals surface area contributed by atoms with E-state index in [0.717, 1.165) is 6.42 Å². The first kappa shape index (κ1) is 10.9. The summed E-state index contributed by atoms with van der Waals surface area (Å²) in [6.07, 6.45) is 9.98. The van der Waals surface area contributed by atoms with Gasteiger partial charge in [0.15, 0.2) is 0 Å². The molecule has 3 heteroatoms. The van der Waals surface area contributed by atoms with Crippen LogP contribution < -0.4 is 0 Å². The highest BCUT2D eigenvalue weighted by Gasteiger charge is 2.60. The molecule has 0 N–H and O–H groups in total. The number of carbonyl (C=O) groups excluding carboxylic acids is 1. The van der Waals surface area contributed by atoms with Gasteiger partial charge in [-0.15, -0.1) is 0 Å². The van der Waals surface area contributed by atoms with Gasteiger partial charge >= 0.3 is 5.97 Å². The molecule has 0 radical (unpaired) electrons. The van der Waals surface area contributed by atoms with E-state index in [0.29, 0.717) is 23.8 Å². The zero-order valence-corrected chi connectivity index (χ0v) is 10.4. The third-order valence-electron chi connectivity index (χ3n) is 3.24. The molecule has 2 aliphatic rings. The van der Waals surface area contributed by atoms with E-state index in [-0.39, 0.29) is 11.4 Å². The van der Waals surface area contributed by atoms with Gasteiger partial charge in [-0.05, 0) is 13.3 Å². The molecular weight excluding hydrogens is 256 g/mol. The second kappa shape index (κ2) is 4.12. The lowest BCUT2D eigenvalue weighted by atomic mass is 9.94. The first-order chi connectivity index (χ1) is 7.20. The fourth-order valence-corrected chi connectivity index (χ4v) is 3.48. The maximum Gasteiger partial charge on any atom is 0.305 e. The van der Waals surface area contributed by atoms with Gasteiger partial charge in [-0.3, -0.25) is 4.79 Å². The van der Waals surface area contributed by atoms with Gasteiger partial charge < -0.3 is 4.74 Å². The lowest BCUT2D eigenvalue weighted by molar-refractivity contribution is -0.143. The summed E-state index contributed by atoms with van der Waals surface area (Å²) >= 11 is 3.67. The third-order valence-corrected chi connectivity index (χ3v) is 4.67. The van der Waals surface area contributed by atoms with Crippen LogP contribution in [0.4, 0.5) is 0 Å². The summed E-state index contributed by atoms with van der Waals surface area (Å²) in [7, 11) is 0. The molecule has 0 amide bonds. The number of carbonyl (C=O) groups is 1. The Hall–Kier alpha value is -0.570. The number of esters is 1. The van der Waals surface area contributed by atoms with Crippen molar-refractivity contribution >= 4 is 21.9 Å². The second-order valence-electron chi connectivity index (χ2n) is 4.09. The molecular formula is C12H15BrO2. The van der Waals surface area contributed by atoms with Gasteiger partial charge in [0.2, 0.25) is 0 Å². The fourth-order valence-electron chi connectivity index (χ4n) is 2.28. The number of fused-ring (bicyclic) bond motifs is 1. The Morgan fingerprint density at radius 2 is 2.33 bits per heavy atom. The number of halogens is 1. The summed E-state index contributed by atoms with van der Waals surface area (Å²) in [6.45, 7) is 2.31. The van der Waals surface area contributed by atoms with Gasteiger partial charge in [0.25, 0.3) is 0 Å². The van der Waals surface area contributed by atoms with Crippen LogP contribution in [0.3, 0.4) is 0 Å². The zero-order valence-electron chi connectivity index (χ0n) is 8.78. The highest BCUT2D eigenvalue weighted by molar-refractivity contribution is 9.09. The van der Waals surface area contributed by atoms with Crippen LogP contribution in [0.1, 0.15) is 19.8 Å². The molecule has 15 heavy (non-hydrogen) atoms. The normalized spacial score (nSPS) is 36.1. The van der Waals surface area contributed by atoms with Crippen LogP contribution in [0.5, 0.6) is 0 Å². The Labute approximate surface area is 98.5 Å². The van der Waals surface area contributed by atoms with Crippen LogP contribution in [-0.2, 0) is 9.53 Å². The molecule has 0 aromatic heterocycles. The number of allylic oxidation sites excluding steroid dienone is 4. The lowest BCUT2D eigenvalue weighted by Crippen LogP contribution is -2.10. The highest BCUT2D eigenvalue weighted by atomic mass is 79.9. The molecule has 2 nitrogen and oxygen atoms in total. The zero-order chi connectivity index (χ0) is 10.9. The average molecular weight is 271 g/mol. The quantitative estimate of drug-likeness (QED) is 0.580. The molecule has 0 aromatic carbocycles. The summed E-state index contributed by atoms with van der Waals surface area (Å²) in [4.78, 5) is 11.8. The Balaban J connectivity index is 1.88. The van der Waals surface area contributed by atoms with Crippen molar-refractivity contribution in [2.24, 2.45) is 11.3 Å². The Morgan fingerprint density at radius 3 is 3.00 bits per heavy atom. The van der Waals surface area contributed by atoms with Gasteiger partial charge in [0.1, 0.15) is 0 Å². The van der Waals surface area contributed by atoms with E-state index in [1.807, 2.05) is 6.92 Å². The molecule has 0 aliphatic heterocycles. The van der Waals surface area contributed by atoms with E-state index in [1.54, 1.807) is 0 Å². The number of hydrogen-bond donors (Lipinski definition) is 0. The Kier molecular flexibility index (Phi) is 3.01. The molecule has 0 saturated heterocycles. The smallest absolute Gasteiger partial charge is 0.305 e. The molecule has 0 aromatic rings. The first-order valence-electron chi connectivity index (χ1n) is 5.36. The topological polar surface area (TPSA) is 26.3 Å². The van der Waals surface area contributed by atoms with Crippen LogP contribution >= 0.6 is 15.9 Å². The van der Waals surface area contributed by atoms with Gasteiger partial charge in [-0.1, -0.05) is 40.2 Å². The summed E-state index contributed by atoms with van der Waals surface area (Å²) in [5, 5.41) is 0. The fraction of sp³-hybridized carbons (Fsp3) is 0.583. The molecule has 0 bridgehead atoms. The van der Waals surface area contributed by atoms with Gasteiger partial charge in [0.05, 0.1) is 6.61 Å². The monoisotopic (exact) mass is 270 g/mol. The van der Waals surface area contributed by atoms with Crippen molar-refractivity contribution in [2.45, 2.75) is 24.6 Å². The maximum atomic E-state index is 11.3. The van der Waals surface area contributed by atoms with Crippen molar-refractivity contribution in [1.82, 2.24) is 0 Å². The van der Waals surface area contributed by atoms with Crippen LogP contribution in [0, 0.1) is 11.3 Å². The van der Waals surface area contributed by atoms with Crippen molar-refractivity contribution in [3.05, 3.63) is 24.3 Å². The first-order valence-corrected chi connectivity index (χ1v) is 6.28. The van der Waals surface area contributed by atoms with Crippen molar-refractivity contribution < 1.29 is 9.53 Å². The molecule has 1 fully saturated rings. The highest BCUT2D eigenvalue weighted by Crippen LogP contribution is 2.63. The predicted molar refractivity (Wildman–Crippen MR) is 62.8 cm³/mol. The summed E-state index contributed by atoms with van der Waals surface area (Å²) in [5.41, 5.74) is 0.182. The Bertz CT molecular complexity index is 322. The van der Waals surface area contributed by atoms with Crippen molar-refractivity contribution in [3.63, 3.8) is 0 Å². The Morgan fingerprint density at radius 1 is 1.53 bits per heavy atom. The van der Waals surface area contributed by atoms with Crippen LogP contribution in [0.15, 0.2) is 24.3 Å². The van der Waals surface area contributed by atoms with Crippen LogP contribution in [0.25, 0.3) is 0 Å². The maximum absolute atomic E-state index is 11.3. The standard InChI is InChI=1S/C12H15BrO2/c1-2-15-10(14)6-8-12-7-4-3-5-9(12)11(12)13/h3-5,7,9,11H,2,6,8H2,1H3. The van der Waals surface area contributed by atoms with E-state index in [9.17, 15) is 4.79 Å². The van der Waals surface area contributed by atoms with Crippen molar-refractivity contribution in [1.29, 1.82) is 0 Å². The largest absolute Gasteiger partial charge is 0.466 e. The molecule has 3 unspecified atom stereocenters. The van der Waals surface area contributed by atoms with E-state index in [4.69, 9.17) is 4.74 Å². The summed E-state index contributed by atoms with van der Waals surface area (Å²) < 4.78 is 4.94. The second-order valence-corrected chi connectivity index (χ2v) is 5.08. The van der Waals surface area contributed by atoms with E-state index in [2.05, 4.69) is 40.2 Å². The van der Waals surface area contributed by atoms with E-state index >= 15 is 0 Å². The SMILES string of the molecule is CCOC(=O)CCC12C=CC=CC1C2Br. The predicted octanol–water partition coefficient (Wildman–Crippen LogP) is 2.84. The van der Waals surface area contributed by atoms with Gasteiger partial charge in [-0.25, -0.2) is 0 Å². The summed E-state index contributed by atoms with van der Waals surface area (Å²) in [6, 6.07) is 0. The molecule has 1 saturated carbocycles. The number of hydrogen-bond acceptors (Lipinski definition) is 2. The van der Waals surface area contributed by atoms with E-state index < -0.39 is 0 Å².